The highest BCUT2D eigenvalue weighted by Crippen LogP contribution is 2.30. The molecule has 4 nitrogen and oxygen atoms in total. The van der Waals surface area contributed by atoms with Crippen molar-refractivity contribution >= 4 is 0 Å². The van der Waals surface area contributed by atoms with E-state index in [1.165, 1.54) is 0 Å². The van der Waals surface area contributed by atoms with Crippen molar-refractivity contribution in [1.82, 2.24) is 0 Å². The Labute approximate surface area is 70.6 Å². The van der Waals surface area contributed by atoms with Gasteiger partial charge in [-0.3, -0.25) is 0 Å². The summed E-state index contributed by atoms with van der Waals surface area (Å²) in [6, 6.07) is 1.92. The summed E-state index contributed by atoms with van der Waals surface area (Å²) in [7, 11) is 0. The molecule has 0 saturated carbocycles. The molecule has 1 rings (SSSR count). The van der Waals surface area contributed by atoms with Gasteiger partial charge < -0.3 is 4.42 Å². The standard InChI is InChI=1S/C6H4F3N3O/c7-6(8,9)5-2-1-4(13-5)3-11-12-10/h1-2H,3H2. The molecule has 0 aromatic carbocycles. The largest absolute Gasteiger partial charge is 0.456 e. The number of hydrogen-bond acceptors (Lipinski definition) is 2. The minimum atomic E-state index is -4.49. The molecule has 7 heteroatoms. The van der Waals surface area contributed by atoms with E-state index in [4.69, 9.17) is 5.53 Å². The summed E-state index contributed by atoms with van der Waals surface area (Å²) in [4.78, 5) is 2.39. The average molecular weight is 191 g/mol. The van der Waals surface area contributed by atoms with E-state index in [1.54, 1.807) is 0 Å². The van der Waals surface area contributed by atoms with E-state index in [0.29, 0.717) is 0 Å². The number of furan rings is 1. The van der Waals surface area contributed by atoms with Gasteiger partial charge in [0.15, 0.2) is 0 Å². The van der Waals surface area contributed by atoms with E-state index in [0.717, 1.165) is 12.1 Å². The van der Waals surface area contributed by atoms with E-state index in [-0.39, 0.29) is 12.3 Å². The lowest BCUT2D eigenvalue weighted by Gasteiger charge is -1.99. The molecule has 0 radical (unpaired) electrons. The van der Waals surface area contributed by atoms with Crippen LogP contribution in [0.15, 0.2) is 21.7 Å². The smallest absolute Gasteiger partial charge is 0.449 e. The number of nitrogens with zero attached hydrogens (tertiary/aromatic N) is 3. The van der Waals surface area contributed by atoms with Crippen molar-refractivity contribution in [3.8, 4) is 0 Å². The molecule has 0 unspecified atom stereocenters. The molecule has 0 fully saturated rings. The zero-order valence-corrected chi connectivity index (χ0v) is 6.25. The van der Waals surface area contributed by atoms with Crippen molar-refractivity contribution in [3.63, 3.8) is 0 Å². The monoisotopic (exact) mass is 191 g/mol. The highest BCUT2D eigenvalue weighted by Gasteiger charge is 2.34. The van der Waals surface area contributed by atoms with Crippen molar-refractivity contribution in [2.24, 2.45) is 5.11 Å². The predicted octanol–water partition coefficient (Wildman–Crippen LogP) is 3.11. The molecule has 0 bridgehead atoms. The summed E-state index contributed by atoms with van der Waals surface area (Å²) in [6.07, 6.45) is -4.49. The number of azide groups is 1. The van der Waals surface area contributed by atoms with Crippen LogP contribution in [0.4, 0.5) is 13.2 Å². The number of alkyl halides is 3. The van der Waals surface area contributed by atoms with Crippen LogP contribution in [0.3, 0.4) is 0 Å². The Morgan fingerprint density at radius 1 is 1.46 bits per heavy atom. The minimum Gasteiger partial charge on any atom is -0.456 e. The van der Waals surface area contributed by atoms with E-state index in [1.807, 2.05) is 0 Å². The molecule has 1 aromatic heterocycles. The van der Waals surface area contributed by atoms with E-state index < -0.39 is 11.9 Å². The average Bonchev–Trinajstić information content (AvgIpc) is 2.47. The quantitative estimate of drug-likeness (QED) is 0.402. The van der Waals surface area contributed by atoms with Crippen LogP contribution in [0, 0.1) is 0 Å². The second-order valence-electron chi connectivity index (χ2n) is 2.15. The predicted molar refractivity (Wildman–Crippen MR) is 36.6 cm³/mol. The van der Waals surface area contributed by atoms with Crippen LogP contribution >= 0.6 is 0 Å². The fourth-order valence-electron chi connectivity index (χ4n) is 0.717. The fourth-order valence-corrected chi connectivity index (χ4v) is 0.717. The lowest BCUT2D eigenvalue weighted by atomic mass is 10.4. The normalized spacial score (nSPS) is 11.0. The maximum atomic E-state index is 11.9. The van der Waals surface area contributed by atoms with Gasteiger partial charge in [-0.05, 0) is 17.7 Å². The van der Waals surface area contributed by atoms with Gasteiger partial charge in [0.25, 0.3) is 0 Å². The molecule has 13 heavy (non-hydrogen) atoms. The van der Waals surface area contributed by atoms with Gasteiger partial charge in [-0.1, -0.05) is 5.11 Å². The van der Waals surface area contributed by atoms with Gasteiger partial charge >= 0.3 is 6.18 Å². The third-order valence-corrected chi connectivity index (χ3v) is 1.23. The second-order valence-corrected chi connectivity index (χ2v) is 2.15. The van der Waals surface area contributed by atoms with Gasteiger partial charge in [0, 0.05) is 4.91 Å². The van der Waals surface area contributed by atoms with Gasteiger partial charge in [-0.2, -0.15) is 13.2 Å². The van der Waals surface area contributed by atoms with Gasteiger partial charge in [-0.25, -0.2) is 0 Å². The highest BCUT2D eigenvalue weighted by atomic mass is 19.4. The third kappa shape index (κ3) is 2.41. The molecule has 1 heterocycles. The Balaban J connectivity index is 2.80. The lowest BCUT2D eigenvalue weighted by molar-refractivity contribution is -0.153. The first-order valence-corrected chi connectivity index (χ1v) is 3.21. The van der Waals surface area contributed by atoms with Gasteiger partial charge in [0.05, 0.1) is 6.54 Å². The van der Waals surface area contributed by atoms with Crippen LogP contribution in [-0.4, -0.2) is 0 Å². The number of rotatable bonds is 2. The van der Waals surface area contributed by atoms with E-state index >= 15 is 0 Å². The molecule has 0 atom stereocenters. The topological polar surface area (TPSA) is 61.9 Å². The lowest BCUT2D eigenvalue weighted by Crippen LogP contribution is -2.02. The Hall–Kier alpha value is -1.62. The van der Waals surface area contributed by atoms with Crippen LogP contribution in [0.25, 0.3) is 10.4 Å². The molecule has 0 saturated heterocycles. The molecule has 0 aliphatic heterocycles. The Kier molecular flexibility index (Phi) is 2.48. The summed E-state index contributed by atoms with van der Waals surface area (Å²) in [5.41, 5.74) is 7.89. The molecule has 0 spiro atoms. The van der Waals surface area contributed by atoms with E-state index in [2.05, 4.69) is 14.4 Å². The molecular formula is C6H4F3N3O. The van der Waals surface area contributed by atoms with Crippen molar-refractivity contribution < 1.29 is 17.6 Å². The zero-order valence-electron chi connectivity index (χ0n) is 6.25. The van der Waals surface area contributed by atoms with Gasteiger partial charge in [0.1, 0.15) is 5.76 Å². The summed E-state index contributed by atoms with van der Waals surface area (Å²) in [6.45, 7) is -0.216. The zero-order chi connectivity index (χ0) is 9.90. The molecule has 0 aliphatic carbocycles. The van der Waals surface area contributed by atoms with Crippen molar-refractivity contribution in [2.45, 2.75) is 12.7 Å². The van der Waals surface area contributed by atoms with Gasteiger partial charge in [-0.15, -0.1) is 0 Å². The first-order chi connectivity index (χ1) is 6.04. The van der Waals surface area contributed by atoms with Crippen LogP contribution < -0.4 is 0 Å². The van der Waals surface area contributed by atoms with E-state index in [9.17, 15) is 13.2 Å². The maximum Gasteiger partial charge on any atom is 0.449 e. The van der Waals surface area contributed by atoms with Crippen molar-refractivity contribution in [2.75, 3.05) is 0 Å². The second kappa shape index (κ2) is 3.40. The highest BCUT2D eigenvalue weighted by molar-refractivity contribution is 5.09. The summed E-state index contributed by atoms with van der Waals surface area (Å²) in [5, 5.41) is 3.06. The fraction of sp³-hybridized carbons (Fsp3) is 0.333. The number of halogens is 3. The van der Waals surface area contributed by atoms with Crippen LogP contribution in [0.5, 0.6) is 0 Å². The molecule has 70 valence electrons. The van der Waals surface area contributed by atoms with Gasteiger partial charge in [0.2, 0.25) is 5.76 Å². The number of hydrogen-bond donors (Lipinski definition) is 0. The summed E-state index contributed by atoms with van der Waals surface area (Å²) < 4.78 is 40.1. The Bertz CT molecular complexity index is 337. The summed E-state index contributed by atoms with van der Waals surface area (Å²) in [5.74, 6) is -1.10. The minimum absolute atomic E-state index is 0.00914. The maximum absolute atomic E-state index is 11.9. The SMILES string of the molecule is [N-]=[N+]=NCc1ccc(C(F)(F)F)o1. The first kappa shape index (κ1) is 9.47. The Morgan fingerprint density at radius 2 is 2.15 bits per heavy atom. The molecule has 0 amide bonds. The van der Waals surface area contributed by atoms with Crippen molar-refractivity contribution in [1.29, 1.82) is 0 Å². The van der Waals surface area contributed by atoms with Crippen LogP contribution in [0.2, 0.25) is 0 Å². The van der Waals surface area contributed by atoms with Crippen LogP contribution in [0.1, 0.15) is 11.5 Å². The Morgan fingerprint density at radius 3 is 2.62 bits per heavy atom. The molecule has 0 aliphatic rings. The molecular weight excluding hydrogens is 187 g/mol. The molecule has 1 aromatic rings. The molecule has 0 N–H and O–H groups in total. The van der Waals surface area contributed by atoms with Crippen LogP contribution in [-0.2, 0) is 12.7 Å². The van der Waals surface area contributed by atoms with Crippen molar-refractivity contribution in [3.05, 3.63) is 34.1 Å². The third-order valence-electron chi connectivity index (χ3n) is 1.23. The summed E-state index contributed by atoms with van der Waals surface area (Å²) >= 11 is 0. The first-order valence-electron chi connectivity index (χ1n) is 3.21.